The third-order valence-electron chi connectivity index (χ3n) is 6.97. The second kappa shape index (κ2) is 13.2. The summed E-state index contributed by atoms with van der Waals surface area (Å²) < 4.78 is 12.1. The molecule has 6 aromatic rings. The highest BCUT2D eigenvalue weighted by Gasteiger charge is 2.06. The number of para-hydroxylation sites is 2. The molecule has 2 N–H and O–H groups in total. The maximum absolute atomic E-state index is 10.0. The molecule has 0 unspecified atom stereocenters. The van der Waals surface area contributed by atoms with Crippen LogP contribution in [-0.2, 0) is 12.8 Å². The highest BCUT2D eigenvalue weighted by Crippen LogP contribution is 2.33. The molecule has 6 rings (SSSR count). The summed E-state index contributed by atoms with van der Waals surface area (Å²) in [5.74, 6) is 3.70. The SMILES string of the molecule is Oc1ccccc1Cc1ccc(Oc2ccc(Sc3ccc(Oc4ccc(Cc5ccccc5O)cc4)cc3)cc2)cc1. The fourth-order valence-electron chi connectivity index (χ4n) is 4.67. The first kappa shape index (κ1) is 28.0. The standard InChI is InChI=1S/C38H30O4S/c39-37-7-3-1-5-29(37)25-27-9-13-31(14-10-27)41-33-17-21-35(22-18-33)43-36-23-19-34(20-24-36)42-32-15-11-28(12-16-32)26-30-6-2-4-8-38(30)40/h1-24,39-40H,25-26H2. The first-order valence-electron chi connectivity index (χ1n) is 14.0. The van der Waals surface area contributed by atoms with Crippen LogP contribution in [0.15, 0.2) is 155 Å². The van der Waals surface area contributed by atoms with Crippen LogP contribution in [0.25, 0.3) is 0 Å². The Bertz CT molecular complexity index is 1640. The minimum absolute atomic E-state index is 0.314. The van der Waals surface area contributed by atoms with E-state index in [1.165, 1.54) is 0 Å². The van der Waals surface area contributed by atoms with Crippen LogP contribution in [0.3, 0.4) is 0 Å². The normalized spacial score (nSPS) is 10.8. The number of phenolic OH excluding ortho intramolecular Hbond substituents is 2. The van der Waals surface area contributed by atoms with Gasteiger partial charge in [0.05, 0.1) is 0 Å². The zero-order chi connectivity index (χ0) is 29.4. The maximum Gasteiger partial charge on any atom is 0.127 e. The Kier molecular flexibility index (Phi) is 8.62. The molecule has 0 saturated heterocycles. The van der Waals surface area contributed by atoms with Crippen molar-refractivity contribution in [2.45, 2.75) is 22.6 Å². The van der Waals surface area contributed by atoms with E-state index in [0.717, 1.165) is 55.0 Å². The average molecular weight is 583 g/mol. The molecule has 0 fully saturated rings. The van der Waals surface area contributed by atoms with Crippen LogP contribution in [0.4, 0.5) is 0 Å². The van der Waals surface area contributed by atoms with Gasteiger partial charge < -0.3 is 19.7 Å². The molecule has 0 aliphatic heterocycles. The summed E-state index contributed by atoms with van der Waals surface area (Å²) in [5, 5.41) is 20.0. The van der Waals surface area contributed by atoms with Crippen LogP contribution >= 0.6 is 11.8 Å². The molecule has 0 saturated carbocycles. The number of hydrogen-bond acceptors (Lipinski definition) is 5. The Morgan fingerprint density at radius 3 is 1.07 bits per heavy atom. The molecular formula is C38H30O4S. The van der Waals surface area contributed by atoms with E-state index in [4.69, 9.17) is 9.47 Å². The summed E-state index contributed by atoms with van der Waals surface area (Å²) in [5.41, 5.74) is 4.02. The van der Waals surface area contributed by atoms with Gasteiger partial charge in [0.2, 0.25) is 0 Å². The molecule has 0 spiro atoms. The van der Waals surface area contributed by atoms with Crippen molar-refractivity contribution in [1.82, 2.24) is 0 Å². The number of phenols is 2. The fraction of sp³-hybridized carbons (Fsp3) is 0.0526. The van der Waals surface area contributed by atoms with Crippen LogP contribution in [0.2, 0.25) is 0 Å². The third kappa shape index (κ3) is 7.59. The Morgan fingerprint density at radius 2 is 0.721 bits per heavy atom. The van der Waals surface area contributed by atoms with Crippen LogP contribution in [0, 0.1) is 0 Å². The van der Waals surface area contributed by atoms with Crippen LogP contribution in [-0.4, -0.2) is 10.2 Å². The van der Waals surface area contributed by atoms with E-state index in [1.54, 1.807) is 23.9 Å². The molecule has 212 valence electrons. The third-order valence-corrected chi connectivity index (χ3v) is 7.99. The summed E-state index contributed by atoms with van der Waals surface area (Å²) in [6.45, 7) is 0. The van der Waals surface area contributed by atoms with E-state index in [9.17, 15) is 10.2 Å². The smallest absolute Gasteiger partial charge is 0.127 e. The lowest BCUT2D eigenvalue weighted by Gasteiger charge is -2.10. The lowest BCUT2D eigenvalue weighted by molar-refractivity contribution is 0.469. The van der Waals surface area contributed by atoms with E-state index in [-0.39, 0.29) is 0 Å². The second-order valence-corrected chi connectivity index (χ2v) is 11.3. The zero-order valence-electron chi connectivity index (χ0n) is 23.4. The molecule has 0 aromatic heterocycles. The molecule has 0 bridgehead atoms. The van der Waals surface area contributed by atoms with Crippen molar-refractivity contribution in [2.24, 2.45) is 0 Å². The molecule has 0 radical (unpaired) electrons. The molecule has 43 heavy (non-hydrogen) atoms. The van der Waals surface area contributed by atoms with Gasteiger partial charge in [-0.3, -0.25) is 0 Å². The summed E-state index contributed by atoms with van der Waals surface area (Å²) >= 11 is 1.67. The van der Waals surface area contributed by atoms with Crippen LogP contribution < -0.4 is 9.47 Å². The maximum atomic E-state index is 10.0. The van der Waals surface area contributed by atoms with Crippen molar-refractivity contribution in [3.8, 4) is 34.5 Å². The van der Waals surface area contributed by atoms with Gasteiger partial charge in [0.1, 0.15) is 34.5 Å². The topological polar surface area (TPSA) is 58.9 Å². The molecule has 0 heterocycles. The lowest BCUT2D eigenvalue weighted by atomic mass is 10.0. The van der Waals surface area contributed by atoms with Gasteiger partial charge in [0, 0.05) is 22.6 Å². The van der Waals surface area contributed by atoms with E-state index in [0.29, 0.717) is 24.3 Å². The summed E-state index contributed by atoms with van der Waals surface area (Å²) in [6.07, 6.45) is 1.34. The minimum Gasteiger partial charge on any atom is -0.508 e. The average Bonchev–Trinajstić information content (AvgIpc) is 3.03. The minimum atomic E-state index is 0.314. The van der Waals surface area contributed by atoms with Gasteiger partial charge in [-0.1, -0.05) is 72.4 Å². The summed E-state index contributed by atoms with van der Waals surface area (Å²) in [4.78, 5) is 2.22. The van der Waals surface area contributed by atoms with Crippen LogP contribution in [0.5, 0.6) is 34.5 Å². The first-order chi connectivity index (χ1) is 21.1. The van der Waals surface area contributed by atoms with Gasteiger partial charge in [-0.2, -0.15) is 0 Å². The molecule has 0 atom stereocenters. The van der Waals surface area contributed by atoms with Gasteiger partial charge in [0.25, 0.3) is 0 Å². The number of benzene rings is 6. The fourth-order valence-corrected chi connectivity index (χ4v) is 5.49. The van der Waals surface area contributed by atoms with E-state index < -0.39 is 0 Å². The van der Waals surface area contributed by atoms with Crippen molar-refractivity contribution >= 4 is 11.8 Å². The van der Waals surface area contributed by atoms with Gasteiger partial charge in [-0.15, -0.1) is 0 Å². The lowest BCUT2D eigenvalue weighted by Crippen LogP contribution is -1.90. The van der Waals surface area contributed by atoms with Crippen molar-refractivity contribution < 1.29 is 19.7 Å². The molecule has 0 amide bonds. The number of aromatic hydroxyl groups is 2. The Labute approximate surface area is 255 Å². The van der Waals surface area contributed by atoms with Gasteiger partial charge in [-0.05, 0) is 107 Å². The number of rotatable bonds is 10. The Balaban J connectivity index is 0.998. The summed E-state index contributed by atoms with van der Waals surface area (Å²) in [7, 11) is 0. The summed E-state index contributed by atoms with van der Waals surface area (Å²) in [6, 6.07) is 46.8. The predicted molar refractivity (Wildman–Crippen MR) is 172 cm³/mol. The van der Waals surface area contributed by atoms with Crippen molar-refractivity contribution in [2.75, 3.05) is 0 Å². The van der Waals surface area contributed by atoms with Gasteiger partial charge in [-0.25, -0.2) is 0 Å². The molecule has 0 aliphatic carbocycles. The van der Waals surface area contributed by atoms with E-state index >= 15 is 0 Å². The van der Waals surface area contributed by atoms with Crippen molar-refractivity contribution in [3.05, 3.63) is 168 Å². The van der Waals surface area contributed by atoms with Crippen LogP contribution in [0.1, 0.15) is 22.3 Å². The monoisotopic (exact) mass is 582 g/mol. The van der Waals surface area contributed by atoms with Crippen molar-refractivity contribution in [1.29, 1.82) is 0 Å². The highest BCUT2D eigenvalue weighted by atomic mass is 32.2. The quantitative estimate of drug-likeness (QED) is 0.168. The molecule has 5 heteroatoms. The highest BCUT2D eigenvalue weighted by molar-refractivity contribution is 7.99. The molecule has 0 aliphatic rings. The number of hydrogen-bond donors (Lipinski definition) is 2. The van der Waals surface area contributed by atoms with Crippen molar-refractivity contribution in [3.63, 3.8) is 0 Å². The number of ether oxygens (including phenoxy) is 2. The Morgan fingerprint density at radius 1 is 0.395 bits per heavy atom. The predicted octanol–water partition coefficient (Wildman–Crippen LogP) is 10.0. The Hall–Kier alpha value is -5.13. The first-order valence-corrected chi connectivity index (χ1v) is 14.8. The molecular weight excluding hydrogens is 552 g/mol. The van der Waals surface area contributed by atoms with E-state index in [2.05, 4.69) is 0 Å². The largest absolute Gasteiger partial charge is 0.508 e. The second-order valence-electron chi connectivity index (χ2n) is 10.1. The molecule has 6 aromatic carbocycles. The zero-order valence-corrected chi connectivity index (χ0v) is 24.2. The van der Waals surface area contributed by atoms with Gasteiger partial charge in [0.15, 0.2) is 0 Å². The van der Waals surface area contributed by atoms with E-state index in [1.807, 2.05) is 133 Å². The van der Waals surface area contributed by atoms with Gasteiger partial charge >= 0.3 is 0 Å². The molecule has 4 nitrogen and oxygen atoms in total.